The molecule has 1 fully saturated rings. The van der Waals surface area contributed by atoms with Crippen LogP contribution in [0.4, 0.5) is 10.5 Å². The predicted octanol–water partition coefficient (Wildman–Crippen LogP) is 3.55. The van der Waals surface area contributed by atoms with Gasteiger partial charge in [0.25, 0.3) is 0 Å². The van der Waals surface area contributed by atoms with E-state index in [1.54, 1.807) is 11.1 Å². The van der Waals surface area contributed by atoms with Crippen LogP contribution in [0.15, 0.2) is 16.9 Å². The molecule has 7 heteroatoms. The monoisotopic (exact) mass is 375 g/mol. The molecule has 0 aromatic carbocycles. The lowest BCUT2D eigenvalue weighted by Crippen LogP contribution is -2.50. The van der Waals surface area contributed by atoms with E-state index < -0.39 is 5.60 Å². The third-order valence-corrected chi connectivity index (χ3v) is 4.23. The van der Waals surface area contributed by atoms with Crippen molar-refractivity contribution in [3.8, 4) is 0 Å². The first-order valence-corrected chi connectivity index (χ1v) is 7.97. The van der Waals surface area contributed by atoms with E-state index in [-0.39, 0.29) is 6.09 Å². The SMILES string of the molecule is CC(C)(C)OC(=O)N1CCN(c2cnc(Br)c(Cl)c2)CC1. The summed E-state index contributed by atoms with van der Waals surface area (Å²) in [6, 6.07) is 1.88. The van der Waals surface area contributed by atoms with Gasteiger partial charge in [-0.2, -0.15) is 0 Å². The molecule has 5 nitrogen and oxygen atoms in total. The van der Waals surface area contributed by atoms with E-state index in [4.69, 9.17) is 16.3 Å². The summed E-state index contributed by atoms with van der Waals surface area (Å²) in [5.74, 6) is 0. The normalized spacial score (nSPS) is 16.0. The highest BCUT2D eigenvalue weighted by atomic mass is 79.9. The first-order chi connectivity index (χ1) is 9.76. The molecule has 0 N–H and O–H groups in total. The van der Waals surface area contributed by atoms with E-state index in [0.29, 0.717) is 22.7 Å². The largest absolute Gasteiger partial charge is 0.444 e. The second-order valence-electron chi connectivity index (χ2n) is 5.92. The summed E-state index contributed by atoms with van der Waals surface area (Å²) in [6.45, 7) is 8.34. The number of hydrogen-bond donors (Lipinski definition) is 0. The van der Waals surface area contributed by atoms with Crippen LogP contribution in [0.3, 0.4) is 0 Å². The highest BCUT2D eigenvalue weighted by Gasteiger charge is 2.26. The van der Waals surface area contributed by atoms with E-state index in [1.807, 2.05) is 26.8 Å². The van der Waals surface area contributed by atoms with Gasteiger partial charge in [-0.3, -0.25) is 0 Å². The van der Waals surface area contributed by atoms with E-state index in [9.17, 15) is 4.79 Å². The molecule has 1 aromatic heterocycles. The van der Waals surface area contributed by atoms with Crippen molar-refractivity contribution in [1.29, 1.82) is 0 Å². The Labute approximate surface area is 138 Å². The average molecular weight is 377 g/mol. The molecule has 0 bridgehead atoms. The van der Waals surface area contributed by atoms with Crippen LogP contribution in [0.25, 0.3) is 0 Å². The molecule has 0 aliphatic carbocycles. The average Bonchev–Trinajstić information content (AvgIpc) is 2.40. The van der Waals surface area contributed by atoms with Crippen LogP contribution in [0.5, 0.6) is 0 Å². The van der Waals surface area contributed by atoms with Crippen LogP contribution in [-0.2, 0) is 4.74 Å². The number of halogens is 2. The minimum atomic E-state index is -0.461. The smallest absolute Gasteiger partial charge is 0.410 e. The minimum Gasteiger partial charge on any atom is -0.444 e. The molecule has 0 atom stereocenters. The second-order valence-corrected chi connectivity index (χ2v) is 7.08. The first-order valence-electron chi connectivity index (χ1n) is 6.80. The Kier molecular flexibility index (Phi) is 4.99. The molecular weight excluding hydrogens is 358 g/mol. The Morgan fingerprint density at radius 3 is 2.48 bits per heavy atom. The van der Waals surface area contributed by atoms with Crippen LogP contribution in [0.1, 0.15) is 20.8 Å². The molecule has 0 saturated carbocycles. The van der Waals surface area contributed by atoms with Crippen molar-refractivity contribution in [3.63, 3.8) is 0 Å². The van der Waals surface area contributed by atoms with Gasteiger partial charge in [0.2, 0.25) is 0 Å². The van der Waals surface area contributed by atoms with Crippen molar-refractivity contribution in [2.75, 3.05) is 31.1 Å². The molecule has 116 valence electrons. The van der Waals surface area contributed by atoms with Crippen molar-refractivity contribution in [3.05, 3.63) is 21.9 Å². The van der Waals surface area contributed by atoms with Crippen LogP contribution in [0, 0.1) is 0 Å². The molecule has 0 unspecified atom stereocenters. The molecule has 1 aliphatic rings. The van der Waals surface area contributed by atoms with Gasteiger partial charge in [0.15, 0.2) is 0 Å². The standard InChI is InChI=1S/C14H19BrClN3O2/c1-14(2,3)21-13(20)19-6-4-18(5-7-19)10-8-11(16)12(15)17-9-10/h8-9H,4-7H2,1-3H3. The van der Waals surface area contributed by atoms with Gasteiger partial charge in [0, 0.05) is 26.2 Å². The zero-order valence-corrected chi connectivity index (χ0v) is 14.7. The van der Waals surface area contributed by atoms with Crippen LogP contribution in [0.2, 0.25) is 5.02 Å². The fourth-order valence-corrected chi connectivity index (χ4v) is 2.44. The molecule has 2 heterocycles. The lowest BCUT2D eigenvalue weighted by atomic mass is 10.2. The van der Waals surface area contributed by atoms with E-state index in [0.717, 1.165) is 18.8 Å². The molecule has 0 spiro atoms. The van der Waals surface area contributed by atoms with E-state index in [1.165, 1.54) is 0 Å². The Morgan fingerprint density at radius 2 is 1.95 bits per heavy atom. The molecule has 1 aliphatic heterocycles. The van der Waals surface area contributed by atoms with Gasteiger partial charge >= 0.3 is 6.09 Å². The van der Waals surface area contributed by atoms with Gasteiger partial charge < -0.3 is 14.5 Å². The summed E-state index contributed by atoms with van der Waals surface area (Å²) in [4.78, 5) is 20.1. The number of aromatic nitrogens is 1. The number of amides is 1. The molecule has 1 saturated heterocycles. The first kappa shape index (κ1) is 16.4. The van der Waals surface area contributed by atoms with Crippen molar-refractivity contribution < 1.29 is 9.53 Å². The van der Waals surface area contributed by atoms with Crippen LogP contribution < -0.4 is 4.90 Å². The maximum atomic E-state index is 12.0. The Bertz CT molecular complexity index is 525. The number of carbonyl (C=O) groups excluding carboxylic acids is 1. The van der Waals surface area contributed by atoms with Crippen molar-refractivity contribution in [2.45, 2.75) is 26.4 Å². The molecule has 1 amide bonds. The number of nitrogens with zero attached hydrogens (tertiary/aromatic N) is 3. The Hall–Kier alpha value is -1.01. The number of ether oxygens (including phenoxy) is 1. The molecule has 21 heavy (non-hydrogen) atoms. The van der Waals surface area contributed by atoms with Gasteiger partial charge in [0.05, 0.1) is 16.9 Å². The summed E-state index contributed by atoms with van der Waals surface area (Å²) in [6.07, 6.45) is 1.52. The highest BCUT2D eigenvalue weighted by Crippen LogP contribution is 2.26. The van der Waals surface area contributed by atoms with E-state index in [2.05, 4.69) is 25.8 Å². The van der Waals surface area contributed by atoms with Gasteiger partial charge in [-0.15, -0.1) is 0 Å². The fraction of sp³-hybridized carbons (Fsp3) is 0.571. The zero-order chi connectivity index (χ0) is 15.6. The third-order valence-electron chi connectivity index (χ3n) is 3.08. The maximum absolute atomic E-state index is 12.0. The fourth-order valence-electron chi connectivity index (χ4n) is 2.06. The molecular formula is C14H19BrClN3O2. The maximum Gasteiger partial charge on any atom is 0.410 e. The molecule has 1 aromatic rings. The summed E-state index contributed by atoms with van der Waals surface area (Å²) < 4.78 is 6.02. The van der Waals surface area contributed by atoms with Crippen molar-refractivity contribution in [1.82, 2.24) is 9.88 Å². The van der Waals surface area contributed by atoms with Gasteiger partial charge in [-0.25, -0.2) is 9.78 Å². The number of rotatable bonds is 1. The Balaban J connectivity index is 1.94. The zero-order valence-electron chi connectivity index (χ0n) is 12.4. The van der Waals surface area contributed by atoms with E-state index >= 15 is 0 Å². The van der Waals surface area contributed by atoms with Gasteiger partial charge in [0.1, 0.15) is 10.2 Å². The third kappa shape index (κ3) is 4.48. The summed E-state index contributed by atoms with van der Waals surface area (Å²) in [7, 11) is 0. The summed E-state index contributed by atoms with van der Waals surface area (Å²) >= 11 is 9.34. The minimum absolute atomic E-state index is 0.255. The lowest BCUT2D eigenvalue weighted by Gasteiger charge is -2.36. The number of pyridine rings is 1. The van der Waals surface area contributed by atoms with Crippen LogP contribution >= 0.6 is 27.5 Å². The topological polar surface area (TPSA) is 45.7 Å². The molecule has 0 radical (unpaired) electrons. The Morgan fingerprint density at radius 1 is 1.33 bits per heavy atom. The predicted molar refractivity (Wildman–Crippen MR) is 87.0 cm³/mol. The van der Waals surface area contributed by atoms with Crippen LogP contribution in [-0.4, -0.2) is 47.8 Å². The molecule has 2 rings (SSSR count). The van der Waals surface area contributed by atoms with Crippen molar-refractivity contribution >= 4 is 39.3 Å². The summed E-state index contributed by atoms with van der Waals surface area (Å²) in [5, 5.41) is 0.585. The lowest BCUT2D eigenvalue weighted by molar-refractivity contribution is 0.0240. The number of anilines is 1. The quantitative estimate of drug-likeness (QED) is 0.703. The number of hydrogen-bond acceptors (Lipinski definition) is 4. The van der Waals surface area contributed by atoms with Gasteiger partial charge in [-0.1, -0.05) is 11.6 Å². The van der Waals surface area contributed by atoms with Crippen molar-refractivity contribution in [2.24, 2.45) is 0 Å². The number of piperazine rings is 1. The summed E-state index contributed by atoms with van der Waals surface area (Å²) in [5.41, 5.74) is 0.504. The highest BCUT2D eigenvalue weighted by molar-refractivity contribution is 9.10. The number of carbonyl (C=O) groups is 1. The van der Waals surface area contributed by atoms with Gasteiger partial charge in [-0.05, 0) is 42.8 Å². The second kappa shape index (κ2) is 6.40.